The van der Waals surface area contributed by atoms with Crippen molar-refractivity contribution in [3.05, 3.63) is 0 Å². The molecule has 2 heterocycles. The number of likely N-dealkylation sites (tertiary alicyclic amines) is 1. The van der Waals surface area contributed by atoms with Crippen LogP contribution in [-0.2, 0) is 14.3 Å². The van der Waals surface area contributed by atoms with Gasteiger partial charge in [0.2, 0.25) is 5.91 Å². The van der Waals surface area contributed by atoms with Gasteiger partial charge in [-0.3, -0.25) is 9.69 Å². The lowest BCUT2D eigenvalue weighted by Crippen LogP contribution is -2.53. The molecule has 0 saturated carbocycles. The fourth-order valence-electron chi connectivity index (χ4n) is 3.28. The number of nitrogens with one attached hydrogen (secondary N) is 2. The lowest BCUT2D eigenvalue weighted by molar-refractivity contribution is -0.147. The quantitative estimate of drug-likeness (QED) is 0.713. The van der Waals surface area contributed by atoms with Crippen molar-refractivity contribution in [1.82, 2.24) is 15.5 Å². The third kappa shape index (κ3) is 4.17. The van der Waals surface area contributed by atoms with Gasteiger partial charge in [0.1, 0.15) is 6.04 Å². The monoisotopic (exact) mass is 297 g/mol. The molecule has 6 heteroatoms. The molecular formula is C15H27N3O3. The van der Waals surface area contributed by atoms with Crippen LogP contribution in [0.1, 0.15) is 39.5 Å². The Labute approximate surface area is 126 Å². The molecule has 0 aliphatic carbocycles. The Morgan fingerprint density at radius 3 is 2.71 bits per heavy atom. The van der Waals surface area contributed by atoms with Crippen molar-refractivity contribution in [3.63, 3.8) is 0 Å². The Hall–Kier alpha value is -1.14. The van der Waals surface area contributed by atoms with Crippen LogP contribution >= 0.6 is 0 Å². The summed E-state index contributed by atoms with van der Waals surface area (Å²) in [6.45, 7) is 6.81. The van der Waals surface area contributed by atoms with Crippen molar-refractivity contribution in [2.75, 3.05) is 26.2 Å². The van der Waals surface area contributed by atoms with Gasteiger partial charge in [0.15, 0.2) is 0 Å². The molecule has 2 rings (SSSR count). The van der Waals surface area contributed by atoms with Gasteiger partial charge in [-0.2, -0.15) is 0 Å². The molecule has 2 aliphatic rings. The number of carbonyl (C=O) groups is 2. The van der Waals surface area contributed by atoms with E-state index in [1.165, 1.54) is 0 Å². The van der Waals surface area contributed by atoms with Crippen LogP contribution in [0.4, 0.5) is 0 Å². The molecule has 2 fully saturated rings. The van der Waals surface area contributed by atoms with Crippen LogP contribution in [0.25, 0.3) is 0 Å². The molecule has 2 N–H and O–H groups in total. The second kappa shape index (κ2) is 7.75. The van der Waals surface area contributed by atoms with E-state index in [0.29, 0.717) is 12.6 Å². The Kier molecular flexibility index (Phi) is 5.99. The molecule has 2 aliphatic heterocycles. The van der Waals surface area contributed by atoms with Gasteiger partial charge in [-0.15, -0.1) is 0 Å². The van der Waals surface area contributed by atoms with Gasteiger partial charge in [0.25, 0.3) is 0 Å². The van der Waals surface area contributed by atoms with Crippen LogP contribution in [0.15, 0.2) is 0 Å². The molecule has 2 saturated heterocycles. The zero-order chi connectivity index (χ0) is 15.2. The van der Waals surface area contributed by atoms with E-state index in [4.69, 9.17) is 4.74 Å². The summed E-state index contributed by atoms with van der Waals surface area (Å²) in [7, 11) is 0. The van der Waals surface area contributed by atoms with Crippen LogP contribution in [0, 0.1) is 0 Å². The van der Waals surface area contributed by atoms with E-state index in [1.54, 1.807) is 13.8 Å². The molecule has 1 amide bonds. The van der Waals surface area contributed by atoms with Gasteiger partial charge < -0.3 is 15.4 Å². The first-order valence-corrected chi connectivity index (χ1v) is 8.07. The molecule has 0 bridgehead atoms. The molecule has 0 aromatic rings. The number of amides is 1. The van der Waals surface area contributed by atoms with Crippen LogP contribution in [0.3, 0.4) is 0 Å². The highest BCUT2D eigenvalue weighted by Gasteiger charge is 2.36. The van der Waals surface area contributed by atoms with Crippen molar-refractivity contribution in [3.8, 4) is 0 Å². The summed E-state index contributed by atoms with van der Waals surface area (Å²) >= 11 is 0. The second-order valence-electron chi connectivity index (χ2n) is 5.86. The van der Waals surface area contributed by atoms with E-state index >= 15 is 0 Å². The minimum atomic E-state index is -0.576. The first-order chi connectivity index (χ1) is 10.1. The van der Waals surface area contributed by atoms with Gasteiger partial charge >= 0.3 is 5.97 Å². The van der Waals surface area contributed by atoms with E-state index in [2.05, 4.69) is 15.5 Å². The summed E-state index contributed by atoms with van der Waals surface area (Å²) in [6, 6.07) is -0.180. The first kappa shape index (κ1) is 16.2. The van der Waals surface area contributed by atoms with Gasteiger partial charge in [0.05, 0.1) is 12.6 Å². The fourth-order valence-corrected chi connectivity index (χ4v) is 3.28. The van der Waals surface area contributed by atoms with E-state index in [0.717, 1.165) is 45.3 Å². The predicted molar refractivity (Wildman–Crippen MR) is 79.9 cm³/mol. The average molecular weight is 297 g/mol. The Morgan fingerprint density at radius 2 is 2.05 bits per heavy atom. The Balaban J connectivity index is 1.89. The molecule has 120 valence electrons. The molecule has 2 unspecified atom stereocenters. The topological polar surface area (TPSA) is 70.7 Å². The third-order valence-electron chi connectivity index (χ3n) is 4.37. The van der Waals surface area contributed by atoms with E-state index in [9.17, 15) is 9.59 Å². The Bertz CT molecular complexity index is 369. The third-order valence-corrected chi connectivity index (χ3v) is 4.37. The summed E-state index contributed by atoms with van der Waals surface area (Å²) in [6.07, 6.45) is 4.12. The summed E-state index contributed by atoms with van der Waals surface area (Å²) < 4.78 is 4.93. The van der Waals surface area contributed by atoms with Crippen LogP contribution in [-0.4, -0.2) is 61.1 Å². The maximum absolute atomic E-state index is 12.4. The lowest BCUT2D eigenvalue weighted by atomic mass is 10.0. The highest BCUT2D eigenvalue weighted by molar-refractivity contribution is 5.87. The molecule has 0 aromatic carbocycles. The highest BCUT2D eigenvalue weighted by atomic mass is 16.5. The van der Waals surface area contributed by atoms with Gasteiger partial charge in [-0.1, -0.05) is 0 Å². The van der Waals surface area contributed by atoms with Crippen molar-refractivity contribution in [1.29, 1.82) is 0 Å². The van der Waals surface area contributed by atoms with Crippen molar-refractivity contribution in [2.24, 2.45) is 0 Å². The van der Waals surface area contributed by atoms with Crippen LogP contribution in [0.2, 0.25) is 0 Å². The molecule has 0 spiro atoms. The number of nitrogens with zero attached hydrogens (tertiary/aromatic N) is 1. The van der Waals surface area contributed by atoms with Gasteiger partial charge in [-0.05, 0) is 59.2 Å². The van der Waals surface area contributed by atoms with Crippen LogP contribution < -0.4 is 10.6 Å². The van der Waals surface area contributed by atoms with E-state index in [-0.39, 0.29) is 17.9 Å². The highest BCUT2D eigenvalue weighted by Crippen LogP contribution is 2.24. The van der Waals surface area contributed by atoms with Crippen molar-refractivity contribution < 1.29 is 14.3 Å². The largest absolute Gasteiger partial charge is 0.464 e. The zero-order valence-corrected chi connectivity index (χ0v) is 13.1. The molecule has 6 nitrogen and oxygen atoms in total. The van der Waals surface area contributed by atoms with Crippen molar-refractivity contribution in [2.45, 2.75) is 57.7 Å². The van der Waals surface area contributed by atoms with Crippen molar-refractivity contribution >= 4 is 11.9 Å². The Morgan fingerprint density at radius 1 is 1.33 bits per heavy atom. The van der Waals surface area contributed by atoms with Crippen LogP contribution in [0.5, 0.6) is 0 Å². The maximum atomic E-state index is 12.4. The minimum absolute atomic E-state index is 0.0356. The molecule has 0 radical (unpaired) electrons. The first-order valence-electron chi connectivity index (χ1n) is 8.07. The number of hydrogen-bond acceptors (Lipinski definition) is 5. The van der Waals surface area contributed by atoms with Gasteiger partial charge in [-0.25, -0.2) is 4.79 Å². The smallest absolute Gasteiger partial charge is 0.328 e. The molecule has 2 atom stereocenters. The van der Waals surface area contributed by atoms with E-state index < -0.39 is 6.04 Å². The van der Waals surface area contributed by atoms with E-state index in [1.807, 2.05) is 0 Å². The second-order valence-corrected chi connectivity index (χ2v) is 5.86. The number of hydrogen-bond donors (Lipinski definition) is 2. The minimum Gasteiger partial charge on any atom is -0.464 e. The number of piperidine rings is 1. The summed E-state index contributed by atoms with van der Waals surface area (Å²) in [5.41, 5.74) is 0. The number of esters is 1. The number of ether oxygens (including phenoxy) is 1. The average Bonchev–Trinajstić information content (AvgIpc) is 2.98. The summed E-state index contributed by atoms with van der Waals surface area (Å²) in [5, 5.41) is 6.16. The lowest BCUT2D eigenvalue weighted by Gasteiger charge is -2.35. The molecular weight excluding hydrogens is 270 g/mol. The molecule has 21 heavy (non-hydrogen) atoms. The summed E-state index contributed by atoms with van der Waals surface area (Å²) in [4.78, 5) is 26.4. The summed E-state index contributed by atoms with van der Waals surface area (Å²) in [5.74, 6) is -0.399. The molecule has 0 aromatic heterocycles. The number of rotatable bonds is 5. The maximum Gasteiger partial charge on any atom is 0.328 e. The van der Waals surface area contributed by atoms with Gasteiger partial charge in [0, 0.05) is 6.04 Å². The standard InChI is InChI=1S/C15H27N3O3/c1-3-21-15(20)11(2)17-14(19)13-5-4-10-18(13)12-6-8-16-9-7-12/h11-13,16H,3-10H2,1-2H3,(H,17,19). The fraction of sp³-hybridized carbons (Fsp3) is 0.867. The predicted octanol–water partition coefficient (Wildman–Crippen LogP) is 0.271. The normalized spacial score (nSPS) is 25.5. The zero-order valence-electron chi connectivity index (χ0n) is 13.1. The number of carbonyl (C=O) groups excluding carboxylic acids is 2. The SMILES string of the molecule is CCOC(=O)C(C)NC(=O)C1CCCN1C1CCNCC1.